The summed E-state index contributed by atoms with van der Waals surface area (Å²) < 4.78 is 2.57. The van der Waals surface area contributed by atoms with Crippen LogP contribution in [0.3, 0.4) is 0 Å². The largest absolute Gasteiger partial charge is 0.280 e. The Morgan fingerprint density at radius 3 is 2.56 bits per heavy atom. The normalized spacial score (nSPS) is 21.3. The molecule has 0 radical (unpaired) electrons. The lowest BCUT2D eigenvalue weighted by Crippen LogP contribution is -2.48. The molecule has 2 aliphatic rings. The Labute approximate surface area is 204 Å². The summed E-state index contributed by atoms with van der Waals surface area (Å²) in [5.41, 5.74) is 11.7. The molecule has 0 saturated carbocycles. The van der Waals surface area contributed by atoms with Gasteiger partial charge in [-0.1, -0.05) is 69.5 Å². The number of fused-ring (bicyclic) bond motifs is 7. The zero-order valence-electron chi connectivity index (χ0n) is 20.7. The highest BCUT2D eigenvalue weighted by Gasteiger charge is 2.40. The minimum Gasteiger partial charge on any atom is -0.280 e. The van der Waals surface area contributed by atoms with E-state index in [9.17, 15) is 0 Å². The van der Waals surface area contributed by atoms with Gasteiger partial charge in [0.2, 0.25) is 5.69 Å². The van der Waals surface area contributed by atoms with Crippen molar-refractivity contribution in [2.24, 2.45) is 4.99 Å². The third-order valence-electron chi connectivity index (χ3n) is 7.63. The van der Waals surface area contributed by atoms with Crippen LogP contribution in [0.25, 0.3) is 11.3 Å². The van der Waals surface area contributed by atoms with Gasteiger partial charge < -0.3 is 0 Å². The second-order valence-corrected chi connectivity index (χ2v) is 10.2. The minimum atomic E-state index is 0.336. The van der Waals surface area contributed by atoms with Crippen LogP contribution < -0.4 is 4.57 Å². The van der Waals surface area contributed by atoms with E-state index in [1.807, 2.05) is 6.08 Å². The molecule has 5 rings (SSSR count). The standard InChI is InChI=1S/C32H35N2/c1-6-30-25-12-8-7-11-24(25)15-16-28-26-13-9-10-14-27(26)32-18-23(5)29(21(2)3)20-34(32)31(28)17-22(4)19-33-30/h6-14,18,20-21,28,31H,1,4,15-17,19H2,2-3,5H3/q+1/b33-30-. The second-order valence-electron chi connectivity index (χ2n) is 10.2. The summed E-state index contributed by atoms with van der Waals surface area (Å²) >= 11 is 0. The summed E-state index contributed by atoms with van der Waals surface area (Å²) in [6, 6.07) is 20.5. The molecular formula is C32H35N2+. The molecule has 3 heterocycles. The molecule has 0 bridgehead atoms. The molecule has 0 spiro atoms. The highest BCUT2D eigenvalue weighted by molar-refractivity contribution is 6.09. The van der Waals surface area contributed by atoms with Crippen LogP contribution in [0.5, 0.6) is 0 Å². The van der Waals surface area contributed by atoms with Gasteiger partial charge in [0, 0.05) is 35.1 Å². The topological polar surface area (TPSA) is 16.2 Å². The molecule has 2 heteroatoms. The molecule has 0 amide bonds. The molecule has 2 atom stereocenters. The molecule has 2 nitrogen and oxygen atoms in total. The number of hydrogen-bond acceptors (Lipinski definition) is 1. The SMILES string of the molecule is C=C/C1=N/CC(=C)CC2C(CCc3ccccc31)c1ccccc1-c1cc(C)c(C(C)C)c[n+]12. The van der Waals surface area contributed by atoms with E-state index in [0.717, 1.165) is 25.0 Å². The number of aromatic nitrogens is 1. The van der Waals surface area contributed by atoms with Gasteiger partial charge in [-0.3, -0.25) is 4.99 Å². The number of nitrogens with zero attached hydrogens (tertiary/aromatic N) is 2. The van der Waals surface area contributed by atoms with Gasteiger partial charge in [-0.15, -0.1) is 0 Å². The van der Waals surface area contributed by atoms with Crippen LogP contribution >= 0.6 is 0 Å². The maximum Gasteiger partial charge on any atom is 0.213 e. The average molecular weight is 448 g/mol. The van der Waals surface area contributed by atoms with Gasteiger partial charge in [0.05, 0.1) is 12.3 Å². The highest BCUT2D eigenvalue weighted by Crippen LogP contribution is 2.44. The van der Waals surface area contributed by atoms with Crippen LogP contribution in [0.1, 0.15) is 72.4 Å². The van der Waals surface area contributed by atoms with Crippen molar-refractivity contribution in [1.29, 1.82) is 0 Å². The lowest BCUT2D eigenvalue weighted by atomic mass is 9.77. The molecule has 0 aliphatic carbocycles. The lowest BCUT2D eigenvalue weighted by Gasteiger charge is -2.32. The Hall–Kier alpha value is -3.26. The number of pyridine rings is 1. The lowest BCUT2D eigenvalue weighted by molar-refractivity contribution is -0.718. The van der Waals surface area contributed by atoms with Crippen molar-refractivity contribution < 1.29 is 4.57 Å². The van der Waals surface area contributed by atoms with Gasteiger partial charge in [0.1, 0.15) is 0 Å². The number of hydrogen-bond donors (Lipinski definition) is 0. The van der Waals surface area contributed by atoms with E-state index in [1.54, 1.807) is 0 Å². The maximum atomic E-state index is 4.95. The predicted octanol–water partition coefficient (Wildman–Crippen LogP) is 7.28. The number of aryl methyl sites for hydroxylation is 2. The van der Waals surface area contributed by atoms with E-state index < -0.39 is 0 Å². The first kappa shape index (κ1) is 22.5. The van der Waals surface area contributed by atoms with Gasteiger partial charge in [0.15, 0.2) is 12.2 Å². The summed E-state index contributed by atoms with van der Waals surface area (Å²) in [7, 11) is 0. The van der Waals surface area contributed by atoms with Crippen LogP contribution in [0.4, 0.5) is 0 Å². The Kier molecular flexibility index (Phi) is 6.08. The molecular weight excluding hydrogens is 412 g/mol. The first-order chi connectivity index (χ1) is 16.5. The third-order valence-corrected chi connectivity index (χ3v) is 7.63. The fraction of sp³-hybridized carbons (Fsp3) is 0.312. The molecule has 0 fully saturated rings. The van der Waals surface area contributed by atoms with Crippen molar-refractivity contribution in [2.45, 2.75) is 57.9 Å². The summed E-state index contributed by atoms with van der Waals surface area (Å²) in [5, 5.41) is 0. The van der Waals surface area contributed by atoms with Crippen LogP contribution in [0.2, 0.25) is 0 Å². The summed E-state index contributed by atoms with van der Waals surface area (Å²) in [6.45, 7) is 16.0. The van der Waals surface area contributed by atoms with E-state index in [1.165, 1.54) is 44.6 Å². The van der Waals surface area contributed by atoms with Crippen molar-refractivity contribution in [3.63, 3.8) is 0 Å². The molecule has 2 unspecified atom stereocenters. The zero-order valence-corrected chi connectivity index (χ0v) is 20.7. The van der Waals surface area contributed by atoms with Gasteiger partial charge in [-0.25, -0.2) is 0 Å². The van der Waals surface area contributed by atoms with Crippen LogP contribution in [0, 0.1) is 6.92 Å². The molecule has 3 aromatic rings. The fourth-order valence-electron chi connectivity index (χ4n) is 5.94. The number of rotatable bonds is 2. The third kappa shape index (κ3) is 3.96. The Morgan fingerprint density at radius 2 is 1.79 bits per heavy atom. The van der Waals surface area contributed by atoms with Crippen LogP contribution in [-0.2, 0) is 6.42 Å². The molecule has 1 aromatic heterocycles. The summed E-state index contributed by atoms with van der Waals surface area (Å²) in [5.74, 6) is 0.914. The van der Waals surface area contributed by atoms with Crippen molar-refractivity contribution >= 4 is 5.71 Å². The highest BCUT2D eigenvalue weighted by atomic mass is 15.0. The molecule has 2 aliphatic heterocycles. The predicted molar refractivity (Wildman–Crippen MR) is 143 cm³/mol. The van der Waals surface area contributed by atoms with E-state index in [4.69, 9.17) is 4.99 Å². The Balaban J connectivity index is 1.69. The quantitative estimate of drug-likeness (QED) is 0.290. The van der Waals surface area contributed by atoms with Crippen molar-refractivity contribution in [2.75, 3.05) is 6.54 Å². The van der Waals surface area contributed by atoms with Gasteiger partial charge in [-0.2, -0.15) is 4.57 Å². The summed E-state index contributed by atoms with van der Waals surface area (Å²) in [6.07, 6.45) is 7.37. The second kappa shape index (κ2) is 9.18. The fourth-order valence-corrected chi connectivity index (χ4v) is 5.94. The van der Waals surface area contributed by atoms with Gasteiger partial charge >= 0.3 is 0 Å². The molecule has 0 saturated heterocycles. The Morgan fingerprint density at radius 1 is 1.06 bits per heavy atom. The smallest absolute Gasteiger partial charge is 0.213 e. The van der Waals surface area contributed by atoms with Gasteiger partial charge in [0.25, 0.3) is 0 Å². The number of allylic oxidation sites excluding steroid dienone is 1. The zero-order chi connectivity index (χ0) is 23.8. The summed E-state index contributed by atoms with van der Waals surface area (Å²) in [4.78, 5) is 4.95. The molecule has 172 valence electrons. The maximum absolute atomic E-state index is 4.95. The molecule has 2 aromatic carbocycles. The number of benzene rings is 2. The Bertz CT molecular complexity index is 1290. The molecule has 34 heavy (non-hydrogen) atoms. The van der Waals surface area contributed by atoms with Crippen molar-refractivity contribution in [3.05, 3.63) is 113 Å². The van der Waals surface area contributed by atoms with Crippen LogP contribution in [-0.4, -0.2) is 12.3 Å². The van der Waals surface area contributed by atoms with E-state index in [2.05, 4.69) is 99.3 Å². The van der Waals surface area contributed by atoms with Crippen molar-refractivity contribution in [3.8, 4) is 11.3 Å². The monoisotopic (exact) mass is 447 g/mol. The number of aliphatic imine (C=N–C) groups is 1. The first-order valence-electron chi connectivity index (χ1n) is 12.5. The van der Waals surface area contributed by atoms with E-state index in [0.29, 0.717) is 24.4 Å². The minimum absolute atomic E-state index is 0.336. The average Bonchev–Trinajstić information content (AvgIpc) is 2.86. The van der Waals surface area contributed by atoms with Crippen molar-refractivity contribution in [1.82, 2.24) is 0 Å². The van der Waals surface area contributed by atoms with E-state index in [-0.39, 0.29) is 0 Å². The van der Waals surface area contributed by atoms with Gasteiger partial charge in [-0.05, 0) is 60.1 Å². The van der Waals surface area contributed by atoms with E-state index >= 15 is 0 Å². The molecule has 0 N–H and O–H groups in total. The van der Waals surface area contributed by atoms with Crippen LogP contribution in [0.15, 0.2) is 90.6 Å². The first-order valence-corrected chi connectivity index (χ1v) is 12.5.